The maximum atomic E-state index is 5.49. The van der Waals surface area contributed by atoms with Gasteiger partial charge < -0.3 is 22.9 Å². The highest BCUT2D eigenvalue weighted by Gasteiger charge is 2.36. The van der Waals surface area contributed by atoms with Crippen molar-refractivity contribution in [1.29, 1.82) is 0 Å². The van der Waals surface area contributed by atoms with Gasteiger partial charge in [-0.3, -0.25) is 0 Å². The van der Waals surface area contributed by atoms with E-state index in [1.165, 1.54) is 0 Å². The SMILES string of the molecule is CO[Si](CCCOCCN(C)C)(OC)OC. The lowest BCUT2D eigenvalue weighted by Crippen LogP contribution is -2.42. The van der Waals surface area contributed by atoms with Crippen molar-refractivity contribution in [2.24, 2.45) is 0 Å². The zero-order valence-electron chi connectivity index (χ0n) is 11.1. The molecule has 0 atom stereocenters. The first-order valence-corrected chi connectivity index (χ1v) is 7.41. The van der Waals surface area contributed by atoms with Crippen LogP contribution in [0.3, 0.4) is 0 Å². The number of hydrogen-bond donors (Lipinski definition) is 0. The van der Waals surface area contributed by atoms with Crippen LogP contribution in [0.4, 0.5) is 0 Å². The second-order valence-corrected chi connectivity index (χ2v) is 6.91. The van der Waals surface area contributed by atoms with Gasteiger partial charge in [-0.25, -0.2) is 0 Å². The molecule has 0 heterocycles. The minimum absolute atomic E-state index is 0.721. The van der Waals surface area contributed by atoms with Gasteiger partial charge in [0, 0.05) is 40.5 Å². The van der Waals surface area contributed by atoms with Gasteiger partial charge in [-0.05, 0) is 20.5 Å². The van der Waals surface area contributed by atoms with E-state index in [9.17, 15) is 0 Å². The third kappa shape index (κ3) is 6.57. The van der Waals surface area contributed by atoms with Crippen molar-refractivity contribution in [2.75, 3.05) is 55.2 Å². The smallest absolute Gasteiger partial charge is 0.380 e. The number of nitrogens with zero attached hydrogens (tertiary/aromatic N) is 1. The molecule has 0 saturated heterocycles. The third-order valence-corrected chi connectivity index (χ3v) is 5.22. The van der Waals surface area contributed by atoms with E-state index in [1.54, 1.807) is 21.3 Å². The predicted molar refractivity (Wildman–Crippen MR) is 65.6 cm³/mol. The molecule has 0 N–H and O–H groups in total. The summed E-state index contributed by atoms with van der Waals surface area (Å²) in [4.78, 5) is 2.10. The molecule has 0 spiro atoms. The molecule has 98 valence electrons. The Bertz CT molecular complexity index is 157. The van der Waals surface area contributed by atoms with Crippen LogP contribution >= 0.6 is 0 Å². The molecule has 0 aromatic heterocycles. The van der Waals surface area contributed by atoms with Crippen LogP contribution < -0.4 is 0 Å². The normalized spacial score (nSPS) is 12.4. The van der Waals surface area contributed by atoms with Crippen molar-refractivity contribution >= 4 is 8.80 Å². The summed E-state index contributed by atoms with van der Waals surface area (Å²) in [5.74, 6) is 0. The number of hydrogen-bond acceptors (Lipinski definition) is 5. The Kier molecular flexibility index (Phi) is 9.10. The lowest BCUT2D eigenvalue weighted by atomic mass is 10.5. The first-order chi connectivity index (χ1) is 7.60. The Morgan fingerprint density at radius 2 is 1.50 bits per heavy atom. The number of rotatable bonds is 10. The van der Waals surface area contributed by atoms with E-state index in [0.29, 0.717) is 0 Å². The van der Waals surface area contributed by atoms with Crippen LogP contribution in [0.25, 0.3) is 0 Å². The topological polar surface area (TPSA) is 40.2 Å². The van der Waals surface area contributed by atoms with Gasteiger partial charge in [-0.2, -0.15) is 0 Å². The van der Waals surface area contributed by atoms with Gasteiger partial charge in [0.25, 0.3) is 0 Å². The summed E-state index contributed by atoms with van der Waals surface area (Å²) in [5.41, 5.74) is 0. The minimum atomic E-state index is -2.39. The summed E-state index contributed by atoms with van der Waals surface area (Å²) < 4.78 is 21.4. The highest BCUT2D eigenvalue weighted by Crippen LogP contribution is 2.14. The molecule has 0 aromatic rings. The number of ether oxygens (including phenoxy) is 1. The van der Waals surface area contributed by atoms with E-state index in [4.69, 9.17) is 18.0 Å². The fraction of sp³-hybridized carbons (Fsp3) is 1.00. The van der Waals surface area contributed by atoms with Crippen molar-refractivity contribution in [1.82, 2.24) is 4.90 Å². The first kappa shape index (κ1) is 16.0. The highest BCUT2D eigenvalue weighted by atomic mass is 28.4. The zero-order valence-corrected chi connectivity index (χ0v) is 12.1. The molecule has 0 fully saturated rings. The Balaban J connectivity index is 3.55. The average Bonchev–Trinajstić information content (AvgIpc) is 2.29. The molecule has 0 radical (unpaired) electrons. The molecule has 0 rings (SSSR count). The predicted octanol–water partition coefficient (Wildman–Crippen LogP) is 0.833. The summed E-state index contributed by atoms with van der Waals surface area (Å²) in [7, 11) is 6.56. The van der Waals surface area contributed by atoms with Crippen LogP contribution in [0, 0.1) is 0 Å². The molecule has 0 aromatic carbocycles. The Morgan fingerprint density at radius 1 is 0.938 bits per heavy atom. The lowest BCUT2D eigenvalue weighted by molar-refractivity contribution is 0.101. The second-order valence-electron chi connectivity index (χ2n) is 3.81. The molecule has 0 amide bonds. The third-order valence-electron chi connectivity index (χ3n) is 2.39. The van der Waals surface area contributed by atoms with Gasteiger partial charge in [0.2, 0.25) is 0 Å². The lowest BCUT2D eigenvalue weighted by Gasteiger charge is -2.24. The van der Waals surface area contributed by atoms with Crippen molar-refractivity contribution in [3.05, 3.63) is 0 Å². The standard InChI is InChI=1S/C10H25NO4Si/c1-11(2)7-9-15-8-6-10-16(12-3,13-4)14-5/h6-10H2,1-5H3. The van der Waals surface area contributed by atoms with Crippen molar-refractivity contribution in [3.63, 3.8) is 0 Å². The number of likely N-dealkylation sites (N-methyl/N-ethyl adjacent to an activating group) is 1. The van der Waals surface area contributed by atoms with E-state index in [1.807, 2.05) is 14.1 Å². The van der Waals surface area contributed by atoms with Crippen LogP contribution in [0.5, 0.6) is 0 Å². The van der Waals surface area contributed by atoms with Crippen LogP contribution in [0.15, 0.2) is 0 Å². The van der Waals surface area contributed by atoms with E-state index in [-0.39, 0.29) is 0 Å². The molecule has 0 unspecified atom stereocenters. The molecular weight excluding hydrogens is 226 g/mol. The molecule has 0 aliphatic heterocycles. The first-order valence-electron chi connectivity index (χ1n) is 5.48. The van der Waals surface area contributed by atoms with Crippen LogP contribution in [0.1, 0.15) is 6.42 Å². The fourth-order valence-corrected chi connectivity index (χ4v) is 2.99. The summed E-state index contributed by atoms with van der Waals surface area (Å²) in [6.45, 7) is 2.43. The van der Waals surface area contributed by atoms with E-state index < -0.39 is 8.80 Å². The largest absolute Gasteiger partial charge is 0.500 e. The highest BCUT2D eigenvalue weighted by molar-refractivity contribution is 6.60. The van der Waals surface area contributed by atoms with Gasteiger partial charge in [0.15, 0.2) is 0 Å². The van der Waals surface area contributed by atoms with Crippen LogP contribution in [-0.2, 0) is 18.0 Å². The Hall–Kier alpha value is 0.0169. The molecule has 5 nitrogen and oxygen atoms in total. The molecule has 0 aliphatic rings. The average molecular weight is 251 g/mol. The Labute approximate surface area is 100.0 Å². The van der Waals surface area contributed by atoms with Crippen molar-refractivity contribution < 1.29 is 18.0 Å². The van der Waals surface area contributed by atoms with E-state index >= 15 is 0 Å². The van der Waals surface area contributed by atoms with Gasteiger partial charge in [0.05, 0.1) is 6.61 Å². The summed E-state index contributed by atoms with van der Waals surface area (Å²) in [6.07, 6.45) is 0.898. The maximum absolute atomic E-state index is 5.49. The molecule has 0 saturated carbocycles. The monoisotopic (exact) mass is 251 g/mol. The quantitative estimate of drug-likeness (QED) is 0.425. The molecule has 0 bridgehead atoms. The van der Waals surface area contributed by atoms with E-state index in [0.717, 1.165) is 32.2 Å². The van der Waals surface area contributed by atoms with Gasteiger partial charge in [-0.1, -0.05) is 0 Å². The maximum Gasteiger partial charge on any atom is 0.500 e. The van der Waals surface area contributed by atoms with Gasteiger partial charge in [-0.15, -0.1) is 0 Å². The van der Waals surface area contributed by atoms with Gasteiger partial charge >= 0.3 is 8.80 Å². The van der Waals surface area contributed by atoms with E-state index in [2.05, 4.69) is 4.90 Å². The van der Waals surface area contributed by atoms with Crippen LogP contribution in [-0.4, -0.2) is 68.9 Å². The van der Waals surface area contributed by atoms with Crippen molar-refractivity contribution in [2.45, 2.75) is 12.5 Å². The molecular formula is C10H25NO4Si. The van der Waals surface area contributed by atoms with Crippen molar-refractivity contribution in [3.8, 4) is 0 Å². The summed E-state index contributed by atoms with van der Waals surface area (Å²) in [6, 6.07) is 0.790. The second kappa shape index (κ2) is 9.09. The molecule has 6 heteroatoms. The van der Waals surface area contributed by atoms with Crippen LogP contribution in [0.2, 0.25) is 6.04 Å². The Morgan fingerprint density at radius 3 is 1.94 bits per heavy atom. The zero-order chi connectivity index (χ0) is 12.4. The minimum Gasteiger partial charge on any atom is -0.380 e. The fourth-order valence-electron chi connectivity index (χ4n) is 1.30. The summed E-state index contributed by atoms with van der Waals surface area (Å²) in [5, 5.41) is 0. The molecule has 16 heavy (non-hydrogen) atoms. The summed E-state index contributed by atoms with van der Waals surface area (Å²) >= 11 is 0. The van der Waals surface area contributed by atoms with Gasteiger partial charge in [0.1, 0.15) is 0 Å². The molecule has 0 aliphatic carbocycles.